The fourth-order valence-electron chi connectivity index (χ4n) is 4.28. The highest BCUT2D eigenvalue weighted by atomic mass is 35.5. The van der Waals surface area contributed by atoms with Crippen molar-refractivity contribution in [3.63, 3.8) is 0 Å². The van der Waals surface area contributed by atoms with Crippen LogP contribution in [-0.4, -0.2) is 63.7 Å². The maximum atomic E-state index is 14.3. The summed E-state index contributed by atoms with van der Waals surface area (Å²) in [6, 6.07) is 7.87. The van der Waals surface area contributed by atoms with Gasteiger partial charge in [-0.05, 0) is 57.1 Å². The van der Waals surface area contributed by atoms with Crippen LogP contribution in [0.1, 0.15) is 26.2 Å². The molecule has 1 saturated carbocycles. The van der Waals surface area contributed by atoms with Crippen LogP contribution >= 0.6 is 24.2 Å². The molecule has 9 nitrogen and oxygen atoms in total. The van der Waals surface area contributed by atoms with Crippen molar-refractivity contribution in [3.8, 4) is 11.3 Å². The lowest BCUT2D eigenvalue weighted by atomic mass is 9.78. The molecule has 196 valence electrons. The predicted octanol–water partition coefficient (Wildman–Crippen LogP) is 4.41. The van der Waals surface area contributed by atoms with E-state index >= 15 is 0 Å². The van der Waals surface area contributed by atoms with Gasteiger partial charge in [-0.1, -0.05) is 18.5 Å². The minimum atomic E-state index is -0.471. The van der Waals surface area contributed by atoms with Gasteiger partial charge in [-0.3, -0.25) is 9.69 Å². The van der Waals surface area contributed by atoms with Gasteiger partial charge in [0.2, 0.25) is 5.91 Å². The number of hydrogen-bond donors (Lipinski definition) is 4. The van der Waals surface area contributed by atoms with Gasteiger partial charge in [0.1, 0.15) is 28.8 Å². The molecule has 1 aliphatic carbocycles. The van der Waals surface area contributed by atoms with Crippen LogP contribution in [0.25, 0.3) is 11.3 Å². The molecule has 0 aliphatic heterocycles. The van der Waals surface area contributed by atoms with Crippen molar-refractivity contribution in [1.82, 2.24) is 30.4 Å². The number of carbonyl (C=O) groups excluding carboxylic acids is 1. The first-order chi connectivity index (χ1) is 17.9. The van der Waals surface area contributed by atoms with Crippen molar-refractivity contribution < 1.29 is 9.18 Å². The van der Waals surface area contributed by atoms with Crippen molar-refractivity contribution in [1.29, 1.82) is 0 Å². The maximum Gasteiger partial charge on any atom is 0.228 e. The lowest BCUT2D eigenvalue weighted by Gasteiger charge is -2.42. The zero-order valence-electron chi connectivity index (χ0n) is 20.7. The van der Waals surface area contributed by atoms with Gasteiger partial charge in [-0.25, -0.2) is 14.4 Å². The third-order valence-electron chi connectivity index (χ3n) is 6.32. The molecule has 3 N–H and O–H groups in total. The van der Waals surface area contributed by atoms with Crippen LogP contribution in [0.15, 0.2) is 41.7 Å². The Morgan fingerprint density at radius 3 is 2.70 bits per heavy atom. The molecule has 0 atom stereocenters. The predicted molar refractivity (Wildman–Crippen MR) is 146 cm³/mol. The van der Waals surface area contributed by atoms with Crippen LogP contribution in [0.3, 0.4) is 0 Å². The number of nitrogens with zero attached hydrogens (tertiary/aromatic N) is 5. The standard InChI is InChI=1S/C25H30ClFN8OS/c1-3-7-35(8-6-28-2)17-9-15(10-17)24(36)32-23-13-22(29-14-30-23)31-21-12-20(33-34-25(21)37)18-11-16(26)4-5-19(18)27/h4-5,11-15,17,28H,3,6-10H2,1-2H3,(H,34,37)(H2,29,30,31,32,33,36). The van der Waals surface area contributed by atoms with E-state index in [0.717, 1.165) is 38.9 Å². The smallest absolute Gasteiger partial charge is 0.228 e. The summed E-state index contributed by atoms with van der Waals surface area (Å²) in [5.74, 6) is 0.231. The summed E-state index contributed by atoms with van der Waals surface area (Å²) in [6.45, 7) is 5.11. The van der Waals surface area contributed by atoms with Gasteiger partial charge in [-0.2, -0.15) is 0 Å². The van der Waals surface area contributed by atoms with Gasteiger partial charge in [0.15, 0.2) is 0 Å². The number of aromatic nitrogens is 4. The van der Waals surface area contributed by atoms with Crippen LogP contribution in [-0.2, 0) is 4.79 Å². The number of carbonyl (C=O) groups is 1. The average Bonchev–Trinajstić information content (AvgIpc) is 2.85. The normalized spacial score (nSPS) is 16.9. The molecule has 1 aliphatic rings. The Bertz CT molecular complexity index is 1240. The quantitative estimate of drug-likeness (QED) is 0.263. The molecule has 0 spiro atoms. The Kier molecular flexibility index (Phi) is 9.25. The van der Waals surface area contributed by atoms with E-state index < -0.39 is 5.82 Å². The van der Waals surface area contributed by atoms with Crippen LogP contribution in [0.2, 0.25) is 5.02 Å². The van der Waals surface area contributed by atoms with Gasteiger partial charge >= 0.3 is 0 Å². The van der Waals surface area contributed by atoms with Gasteiger partial charge in [0.25, 0.3) is 0 Å². The summed E-state index contributed by atoms with van der Waals surface area (Å²) in [5.41, 5.74) is 0.964. The monoisotopic (exact) mass is 544 g/mol. The van der Waals surface area contributed by atoms with Gasteiger partial charge in [-0.15, -0.1) is 22.8 Å². The highest BCUT2D eigenvalue weighted by molar-refractivity contribution is 7.80. The maximum absolute atomic E-state index is 14.3. The molecule has 1 aromatic carbocycles. The number of amides is 1. The summed E-state index contributed by atoms with van der Waals surface area (Å²) >= 11 is 10.4. The van der Waals surface area contributed by atoms with Crippen molar-refractivity contribution >= 4 is 47.5 Å². The Morgan fingerprint density at radius 1 is 1.16 bits per heavy atom. The molecule has 0 unspecified atom stereocenters. The van der Waals surface area contributed by atoms with Gasteiger partial charge < -0.3 is 16.0 Å². The first-order valence-electron chi connectivity index (χ1n) is 12.2. The fourth-order valence-corrected chi connectivity index (χ4v) is 4.62. The second-order valence-corrected chi connectivity index (χ2v) is 9.82. The van der Waals surface area contributed by atoms with Gasteiger partial charge in [0, 0.05) is 41.7 Å². The Balaban J connectivity index is 1.40. The number of thiol groups is 1. The molecule has 1 fully saturated rings. The minimum absolute atomic E-state index is 0.0473. The van der Waals surface area contributed by atoms with Crippen LogP contribution in [0.4, 0.5) is 21.7 Å². The Hall–Kier alpha value is -2.86. The third-order valence-corrected chi connectivity index (χ3v) is 6.89. The fraction of sp³-hybridized carbons (Fsp3) is 0.400. The number of likely N-dealkylation sites (N-methyl/N-ethyl adjacent to an activating group) is 1. The van der Waals surface area contributed by atoms with Crippen LogP contribution in [0.5, 0.6) is 0 Å². The highest BCUT2D eigenvalue weighted by Gasteiger charge is 2.37. The summed E-state index contributed by atoms with van der Waals surface area (Å²) in [5, 5.41) is 17.9. The first kappa shape index (κ1) is 27.2. The number of anilines is 3. The second kappa shape index (κ2) is 12.6. The minimum Gasteiger partial charge on any atom is -0.338 e. The van der Waals surface area contributed by atoms with Crippen molar-refractivity contribution in [2.75, 3.05) is 37.3 Å². The van der Waals surface area contributed by atoms with E-state index in [2.05, 4.69) is 60.6 Å². The van der Waals surface area contributed by atoms with E-state index in [1.165, 1.54) is 24.5 Å². The molecular formula is C25H30ClFN8OS. The molecule has 12 heteroatoms. The molecule has 0 bridgehead atoms. The van der Waals surface area contributed by atoms with Crippen LogP contribution < -0.4 is 16.0 Å². The summed E-state index contributed by atoms with van der Waals surface area (Å²) in [7, 11) is 1.95. The summed E-state index contributed by atoms with van der Waals surface area (Å²) in [6.07, 6.45) is 4.11. The molecule has 2 heterocycles. The van der Waals surface area contributed by atoms with E-state index in [4.69, 9.17) is 11.6 Å². The molecule has 37 heavy (non-hydrogen) atoms. The average molecular weight is 545 g/mol. The van der Waals surface area contributed by atoms with E-state index in [1.54, 1.807) is 12.1 Å². The zero-order valence-corrected chi connectivity index (χ0v) is 22.4. The molecule has 0 saturated heterocycles. The van der Waals surface area contributed by atoms with E-state index in [1.807, 2.05) is 7.05 Å². The van der Waals surface area contributed by atoms with Gasteiger partial charge in [0.05, 0.1) is 11.4 Å². The molecule has 4 rings (SSSR count). The number of hydrogen-bond acceptors (Lipinski definition) is 9. The first-order valence-corrected chi connectivity index (χ1v) is 13.0. The number of nitrogens with one attached hydrogen (secondary N) is 3. The number of benzene rings is 1. The van der Waals surface area contributed by atoms with E-state index in [9.17, 15) is 9.18 Å². The van der Waals surface area contributed by atoms with Crippen LogP contribution in [0, 0.1) is 11.7 Å². The zero-order chi connectivity index (χ0) is 26.4. The molecule has 3 aromatic rings. The van der Waals surface area contributed by atoms with Crippen molar-refractivity contribution in [2.24, 2.45) is 5.92 Å². The van der Waals surface area contributed by atoms with E-state index in [-0.39, 0.29) is 23.1 Å². The Labute approximate surface area is 226 Å². The number of rotatable bonds is 11. The molecule has 0 radical (unpaired) electrons. The lowest BCUT2D eigenvalue weighted by Crippen LogP contribution is -2.50. The second-order valence-electron chi connectivity index (χ2n) is 8.96. The molecule has 2 aromatic heterocycles. The largest absolute Gasteiger partial charge is 0.338 e. The highest BCUT2D eigenvalue weighted by Crippen LogP contribution is 2.33. The topological polar surface area (TPSA) is 108 Å². The van der Waals surface area contributed by atoms with Crippen molar-refractivity contribution in [2.45, 2.75) is 37.3 Å². The van der Waals surface area contributed by atoms with Crippen molar-refractivity contribution in [3.05, 3.63) is 47.5 Å². The third kappa shape index (κ3) is 6.92. The number of halogens is 2. The summed E-state index contributed by atoms with van der Waals surface area (Å²) < 4.78 is 14.3. The molecular weight excluding hydrogens is 515 g/mol. The molecule has 1 amide bonds. The summed E-state index contributed by atoms with van der Waals surface area (Å²) in [4.78, 5) is 23.7. The Morgan fingerprint density at radius 2 is 1.95 bits per heavy atom. The van der Waals surface area contributed by atoms with E-state index in [0.29, 0.717) is 33.4 Å². The SMILES string of the molecule is CCCN(CCNC)C1CC(C(=O)Nc2cc(Nc3cc(-c4cc(Cl)ccc4F)nnc3S)ncn2)C1. The lowest BCUT2D eigenvalue weighted by molar-refractivity contribution is -0.124.